The van der Waals surface area contributed by atoms with Crippen LogP contribution in [0.2, 0.25) is 20.1 Å². The second-order valence-electron chi connectivity index (χ2n) is 3.70. The van der Waals surface area contributed by atoms with Crippen molar-refractivity contribution < 1.29 is 9.18 Å². The third kappa shape index (κ3) is 3.03. The number of ketones is 1. The smallest absolute Gasteiger partial charge is 0.199 e. The molecule has 0 atom stereocenters. The van der Waals surface area contributed by atoms with Crippen molar-refractivity contribution in [3.05, 3.63) is 67.4 Å². The van der Waals surface area contributed by atoms with E-state index in [4.69, 9.17) is 46.4 Å². The molecule has 0 saturated heterocycles. The summed E-state index contributed by atoms with van der Waals surface area (Å²) in [6.07, 6.45) is 0. The highest BCUT2D eigenvalue weighted by molar-refractivity contribution is 6.43. The molecule has 6 heteroatoms. The molecule has 2 aromatic carbocycles. The van der Waals surface area contributed by atoms with E-state index < -0.39 is 11.6 Å². The predicted octanol–water partition coefficient (Wildman–Crippen LogP) is 5.67. The molecule has 2 aromatic rings. The van der Waals surface area contributed by atoms with Crippen LogP contribution in [0.15, 0.2) is 30.3 Å². The molecule has 19 heavy (non-hydrogen) atoms. The van der Waals surface area contributed by atoms with Gasteiger partial charge in [-0.15, -0.1) is 0 Å². The van der Waals surface area contributed by atoms with Crippen LogP contribution in [0.4, 0.5) is 4.39 Å². The molecule has 98 valence electrons. The minimum absolute atomic E-state index is 0.00565. The van der Waals surface area contributed by atoms with E-state index in [0.29, 0.717) is 0 Å². The van der Waals surface area contributed by atoms with Gasteiger partial charge in [0.05, 0.1) is 21.2 Å². The Kier molecular flexibility index (Phi) is 4.36. The Morgan fingerprint density at radius 3 is 2.05 bits per heavy atom. The van der Waals surface area contributed by atoms with Gasteiger partial charge in [-0.25, -0.2) is 4.39 Å². The number of benzene rings is 2. The van der Waals surface area contributed by atoms with Crippen LogP contribution in [-0.2, 0) is 0 Å². The molecular formula is C13H5Cl4FO. The maximum Gasteiger partial charge on any atom is 0.199 e. The van der Waals surface area contributed by atoms with Gasteiger partial charge >= 0.3 is 0 Å². The number of rotatable bonds is 2. The van der Waals surface area contributed by atoms with Crippen molar-refractivity contribution >= 4 is 52.2 Å². The zero-order chi connectivity index (χ0) is 14.2. The fraction of sp³-hybridized carbons (Fsp3) is 0. The quantitative estimate of drug-likeness (QED) is 0.645. The Morgan fingerprint density at radius 1 is 0.895 bits per heavy atom. The average molecular weight is 338 g/mol. The van der Waals surface area contributed by atoms with Gasteiger partial charge in [-0.2, -0.15) is 0 Å². The summed E-state index contributed by atoms with van der Waals surface area (Å²) in [5.74, 6) is -1.34. The van der Waals surface area contributed by atoms with Crippen molar-refractivity contribution in [2.45, 2.75) is 0 Å². The van der Waals surface area contributed by atoms with Gasteiger partial charge in [-0.1, -0.05) is 46.4 Å². The summed E-state index contributed by atoms with van der Waals surface area (Å²) in [6.45, 7) is 0. The topological polar surface area (TPSA) is 17.1 Å². The first-order valence-electron chi connectivity index (χ1n) is 5.04. The summed E-state index contributed by atoms with van der Waals surface area (Å²) in [5.41, 5.74) is -0.201. The Labute approximate surface area is 128 Å². The van der Waals surface area contributed by atoms with Gasteiger partial charge in [0, 0.05) is 10.0 Å². The molecule has 0 spiro atoms. The lowest BCUT2D eigenvalue weighted by Gasteiger charge is -2.08. The van der Waals surface area contributed by atoms with E-state index >= 15 is 0 Å². The largest absolute Gasteiger partial charge is 0.288 e. The third-order valence-electron chi connectivity index (χ3n) is 2.41. The van der Waals surface area contributed by atoms with Crippen LogP contribution >= 0.6 is 46.4 Å². The Hall–Kier alpha value is -0.800. The molecule has 0 amide bonds. The normalized spacial score (nSPS) is 10.6. The van der Waals surface area contributed by atoms with Gasteiger partial charge in [0.1, 0.15) is 5.82 Å². The zero-order valence-corrected chi connectivity index (χ0v) is 12.2. The van der Waals surface area contributed by atoms with Gasteiger partial charge in [-0.05, 0) is 30.3 Å². The van der Waals surface area contributed by atoms with Crippen LogP contribution in [0.25, 0.3) is 0 Å². The highest BCUT2D eigenvalue weighted by atomic mass is 35.5. The molecular weight excluding hydrogens is 333 g/mol. The van der Waals surface area contributed by atoms with Crippen LogP contribution in [0.5, 0.6) is 0 Å². The molecule has 0 aliphatic heterocycles. The molecule has 0 aliphatic rings. The van der Waals surface area contributed by atoms with Crippen LogP contribution in [0.3, 0.4) is 0 Å². The first-order valence-corrected chi connectivity index (χ1v) is 6.55. The van der Waals surface area contributed by atoms with Crippen LogP contribution in [0.1, 0.15) is 15.9 Å². The standard InChI is InChI=1S/C13H5Cl4FO/c14-6-1-2-11(18)8(3-6)13(19)12-9(16)4-7(15)5-10(12)17/h1-5H. The summed E-state index contributed by atoms with van der Waals surface area (Å²) in [7, 11) is 0. The number of hydrogen-bond acceptors (Lipinski definition) is 1. The average Bonchev–Trinajstić information content (AvgIpc) is 2.30. The van der Waals surface area contributed by atoms with Crippen molar-refractivity contribution in [1.29, 1.82) is 0 Å². The van der Waals surface area contributed by atoms with E-state index in [9.17, 15) is 9.18 Å². The minimum atomic E-state index is -0.698. The summed E-state index contributed by atoms with van der Waals surface area (Å²) in [5, 5.41) is 0.646. The molecule has 0 bridgehead atoms. The number of hydrogen-bond donors (Lipinski definition) is 0. The third-order valence-corrected chi connectivity index (χ3v) is 3.46. The molecule has 0 aromatic heterocycles. The maximum atomic E-state index is 13.7. The zero-order valence-electron chi connectivity index (χ0n) is 9.18. The fourth-order valence-electron chi connectivity index (χ4n) is 1.57. The fourth-order valence-corrected chi connectivity index (χ4v) is 2.73. The van der Waals surface area contributed by atoms with Gasteiger partial charge < -0.3 is 0 Å². The number of halogens is 5. The van der Waals surface area contributed by atoms with E-state index in [1.807, 2.05) is 0 Å². The van der Waals surface area contributed by atoms with E-state index in [1.54, 1.807) is 0 Å². The minimum Gasteiger partial charge on any atom is -0.288 e. The van der Waals surface area contributed by atoms with Gasteiger partial charge in [0.2, 0.25) is 0 Å². The van der Waals surface area contributed by atoms with E-state index in [2.05, 4.69) is 0 Å². The second kappa shape index (κ2) is 5.68. The highest BCUT2D eigenvalue weighted by Gasteiger charge is 2.20. The number of carbonyl (C=O) groups is 1. The lowest BCUT2D eigenvalue weighted by Crippen LogP contribution is -2.06. The van der Waals surface area contributed by atoms with Crippen molar-refractivity contribution in [2.24, 2.45) is 0 Å². The van der Waals surface area contributed by atoms with Crippen molar-refractivity contribution in [3.63, 3.8) is 0 Å². The Bertz CT molecular complexity index is 647. The maximum absolute atomic E-state index is 13.7. The van der Waals surface area contributed by atoms with E-state index in [1.165, 1.54) is 24.3 Å². The summed E-state index contributed by atoms with van der Waals surface area (Å²) in [6, 6.07) is 6.40. The van der Waals surface area contributed by atoms with Gasteiger partial charge in [-0.3, -0.25) is 4.79 Å². The lowest BCUT2D eigenvalue weighted by atomic mass is 10.0. The second-order valence-corrected chi connectivity index (χ2v) is 5.38. The Balaban J connectivity index is 2.59. The predicted molar refractivity (Wildman–Crippen MR) is 76.3 cm³/mol. The molecule has 0 fully saturated rings. The molecule has 0 radical (unpaired) electrons. The van der Waals surface area contributed by atoms with E-state index in [0.717, 1.165) is 6.07 Å². The summed E-state index contributed by atoms with van der Waals surface area (Å²) in [4.78, 5) is 12.3. The van der Waals surface area contributed by atoms with E-state index in [-0.39, 0.29) is 31.2 Å². The highest BCUT2D eigenvalue weighted by Crippen LogP contribution is 2.31. The number of carbonyl (C=O) groups excluding carboxylic acids is 1. The van der Waals surface area contributed by atoms with Crippen LogP contribution < -0.4 is 0 Å². The van der Waals surface area contributed by atoms with Crippen LogP contribution in [0, 0.1) is 5.82 Å². The summed E-state index contributed by atoms with van der Waals surface area (Å²) < 4.78 is 13.7. The van der Waals surface area contributed by atoms with Crippen molar-refractivity contribution in [3.8, 4) is 0 Å². The van der Waals surface area contributed by atoms with Gasteiger partial charge in [0.25, 0.3) is 0 Å². The molecule has 0 unspecified atom stereocenters. The monoisotopic (exact) mass is 336 g/mol. The molecule has 2 rings (SSSR count). The van der Waals surface area contributed by atoms with Crippen molar-refractivity contribution in [2.75, 3.05) is 0 Å². The SMILES string of the molecule is O=C(c1cc(Cl)ccc1F)c1c(Cl)cc(Cl)cc1Cl. The lowest BCUT2D eigenvalue weighted by molar-refractivity contribution is 0.103. The van der Waals surface area contributed by atoms with Crippen molar-refractivity contribution in [1.82, 2.24) is 0 Å². The molecule has 0 aliphatic carbocycles. The van der Waals surface area contributed by atoms with Crippen LogP contribution in [-0.4, -0.2) is 5.78 Å². The molecule has 0 heterocycles. The summed E-state index contributed by atoms with van der Waals surface area (Å²) >= 11 is 23.4. The first-order chi connectivity index (χ1) is 8.90. The van der Waals surface area contributed by atoms with Gasteiger partial charge in [0.15, 0.2) is 5.78 Å². The first kappa shape index (κ1) is 14.6. The molecule has 0 N–H and O–H groups in total. The Morgan fingerprint density at radius 2 is 1.47 bits per heavy atom. The molecule has 0 saturated carbocycles. The molecule has 1 nitrogen and oxygen atoms in total.